The number of Topliss-reactive ketones (excluding diaryl/α,β-unsaturated/α-hetero) is 1. The van der Waals surface area contributed by atoms with Crippen LogP contribution in [-0.4, -0.2) is 47.1 Å². The van der Waals surface area contributed by atoms with Crippen molar-refractivity contribution in [3.63, 3.8) is 0 Å². The van der Waals surface area contributed by atoms with E-state index in [0.29, 0.717) is 12.5 Å². The third-order valence-electron chi connectivity index (χ3n) is 5.99. The molecule has 2 fully saturated rings. The predicted molar refractivity (Wildman–Crippen MR) is 130 cm³/mol. The van der Waals surface area contributed by atoms with Crippen LogP contribution < -0.4 is 10.6 Å². The third-order valence-corrected chi connectivity index (χ3v) is 5.99. The molecule has 2 aliphatic carbocycles. The summed E-state index contributed by atoms with van der Waals surface area (Å²) < 4.78 is 5.36. The van der Waals surface area contributed by atoms with Crippen LogP contribution in [0, 0.1) is 5.92 Å². The van der Waals surface area contributed by atoms with Crippen LogP contribution in [-0.2, 0) is 19.1 Å². The zero-order chi connectivity index (χ0) is 24.4. The van der Waals surface area contributed by atoms with Crippen molar-refractivity contribution < 1.29 is 24.2 Å². The number of carbonyl (C=O) groups is 3. The molecular weight excluding hydrogens is 432 g/mol. The Morgan fingerprint density at radius 1 is 1.06 bits per heavy atom. The highest BCUT2D eigenvalue weighted by molar-refractivity contribution is 6.06. The maximum atomic E-state index is 12.4. The Bertz CT molecular complexity index is 937. The van der Waals surface area contributed by atoms with E-state index < -0.39 is 23.7 Å². The van der Waals surface area contributed by atoms with Gasteiger partial charge in [-0.25, -0.2) is 0 Å². The molecule has 0 aromatic carbocycles. The Kier molecular flexibility index (Phi) is 9.36. The molecule has 1 heterocycles. The molecule has 7 heteroatoms. The number of ketones is 1. The van der Waals surface area contributed by atoms with Gasteiger partial charge in [0.25, 0.3) is 0 Å². The van der Waals surface area contributed by atoms with E-state index in [0.717, 1.165) is 6.42 Å². The summed E-state index contributed by atoms with van der Waals surface area (Å²) in [6.07, 6.45) is 23.4. The van der Waals surface area contributed by atoms with E-state index in [1.165, 1.54) is 56.4 Å². The monoisotopic (exact) mass is 466 g/mol. The largest absolute Gasteiger partial charge is 0.379 e. The quantitative estimate of drug-likeness (QED) is 0.261. The molecule has 1 aliphatic heterocycles. The van der Waals surface area contributed by atoms with E-state index in [1.54, 1.807) is 30.4 Å². The normalized spacial score (nSPS) is 27.7. The Labute approximate surface area is 201 Å². The maximum absolute atomic E-state index is 12.4. The Morgan fingerprint density at radius 2 is 1.76 bits per heavy atom. The highest BCUT2D eigenvalue weighted by atomic mass is 16.6. The predicted octanol–water partition coefficient (Wildman–Crippen LogP) is 2.96. The molecule has 182 valence electrons. The van der Waals surface area contributed by atoms with Crippen molar-refractivity contribution in [2.45, 2.75) is 63.3 Å². The highest BCUT2D eigenvalue weighted by Gasteiger charge is 2.59. The second-order valence-corrected chi connectivity index (χ2v) is 8.81. The lowest BCUT2D eigenvalue weighted by molar-refractivity contribution is -0.121. The van der Waals surface area contributed by atoms with Gasteiger partial charge < -0.3 is 20.5 Å². The summed E-state index contributed by atoms with van der Waals surface area (Å²) in [5.41, 5.74) is -1.49. The molecule has 7 nitrogen and oxygen atoms in total. The summed E-state index contributed by atoms with van der Waals surface area (Å²) >= 11 is 0. The fourth-order valence-corrected chi connectivity index (χ4v) is 4.10. The van der Waals surface area contributed by atoms with E-state index in [9.17, 15) is 19.5 Å². The van der Waals surface area contributed by atoms with Gasteiger partial charge in [0, 0.05) is 18.7 Å². The number of hydrogen-bond donors (Lipinski definition) is 3. The van der Waals surface area contributed by atoms with Crippen LogP contribution in [0.5, 0.6) is 0 Å². The van der Waals surface area contributed by atoms with Crippen molar-refractivity contribution in [1.29, 1.82) is 0 Å². The van der Waals surface area contributed by atoms with E-state index >= 15 is 0 Å². The van der Waals surface area contributed by atoms with Crippen molar-refractivity contribution in [2.75, 3.05) is 6.54 Å². The molecular formula is C27H34N2O5. The molecule has 2 amide bonds. The van der Waals surface area contributed by atoms with Crippen LogP contribution in [0.25, 0.3) is 0 Å². The topological polar surface area (TPSA) is 108 Å². The first-order valence-corrected chi connectivity index (χ1v) is 12.0. The minimum Gasteiger partial charge on any atom is -0.379 e. The minimum atomic E-state index is -1.52. The molecule has 0 unspecified atom stereocenters. The molecule has 0 aromatic rings. The number of epoxide rings is 1. The van der Waals surface area contributed by atoms with Gasteiger partial charge in [-0.2, -0.15) is 0 Å². The lowest BCUT2D eigenvalue weighted by Gasteiger charge is -2.23. The summed E-state index contributed by atoms with van der Waals surface area (Å²) in [7, 11) is 0. The lowest BCUT2D eigenvalue weighted by atomic mass is 9.88. The van der Waals surface area contributed by atoms with Gasteiger partial charge in [-0.05, 0) is 37.3 Å². The molecule has 3 rings (SSSR count). The number of rotatable bonds is 10. The highest BCUT2D eigenvalue weighted by Crippen LogP contribution is 2.40. The number of hydrogen-bond acceptors (Lipinski definition) is 5. The average Bonchev–Trinajstić information content (AvgIpc) is 3.64. The SMILES string of the molecule is CCCNC(=O)/C=C/C=C/C=C/[C@@]1(O)C=C(NC(=O)/C=C/C=C/C2CCCCC2)C(=O)[C@@H]2O[C@@H]21. The average molecular weight is 467 g/mol. The van der Waals surface area contributed by atoms with Crippen molar-refractivity contribution in [3.8, 4) is 0 Å². The van der Waals surface area contributed by atoms with Gasteiger partial charge >= 0.3 is 0 Å². The van der Waals surface area contributed by atoms with Gasteiger partial charge in [0.1, 0.15) is 11.7 Å². The van der Waals surface area contributed by atoms with Gasteiger partial charge in [0.2, 0.25) is 17.6 Å². The van der Waals surface area contributed by atoms with E-state index in [2.05, 4.69) is 16.7 Å². The number of allylic oxidation sites excluding steroid dienone is 7. The first kappa shape index (κ1) is 25.6. The summed E-state index contributed by atoms with van der Waals surface area (Å²) in [6.45, 7) is 2.60. The van der Waals surface area contributed by atoms with Crippen molar-refractivity contribution in [1.82, 2.24) is 10.6 Å². The lowest BCUT2D eigenvalue weighted by Crippen LogP contribution is -2.42. The van der Waals surface area contributed by atoms with Crippen LogP contribution in [0.4, 0.5) is 0 Å². The Hall–Kier alpha value is -3.03. The number of aliphatic hydroxyl groups is 1. The van der Waals surface area contributed by atoms with Crippen LogP contribution >= 0.6 is 0 Å². The Morgan fingerprint density at radius 3 is 2.53 bits per heavy atom. The summed E-state index contributed by atoms with van der Waals surface area (Å²) in [6, 6.07) is 0. The molecule has 0 aromatic heterocycles. The van der Waals surface area contributed by atoms with Gasteiger partial charge in [-0.15, -0.1) is 0 Å². The van der Waals surface area contributed by atoms with Gasteiger partial charge in [-0.1, -0.05) is 68.7 Å². The van der Waals surface area contributed by atoms with Gasteiger partial charge in [0.05, 0.1) is 5.70 Å². The molecule has 0 radical (unpaired) electrons. The molecule has 1 saturated heterocycles. The number of amides is 2. The standard InChI is InChI=1S/C27H34N2O5/c1-2-18-28-22(30)15-8-3-4-11-17-27(33)19-21(24(32)25-26(27)34-25)29-23(31)16-10-9-14-20-12-6-5-7-13-20/h3-4,8-11,14-17,19-20,25-26,33H,2,5-7,12-13,18H2,1H3,(H,28,30)(H,29,31)/b4-3+,14-9+,15-8+,16-10+,17-11+/t25-,26-,27+/m0/s1. The molecule has 34 heavy (non-hydrogen) atoms. The second-order valence-electron chi connectivity index (χ2n) is 8.81. The zero-order valence-electron chi connectivity index (χ0n) is 19.6. The van der Waals surface area contributed by atoms with Crippen molar-refractivity contribution in [3.05, 3.63) is 72.5 Å². The summed E-state index contributed by atoms with van der Waals surface area (Å²) in [4.78, 5) is 36.2. The van der Waals surface area contributed by atoms with E-state index in [-0.39, 0.29) is 17.4 Å². The first-order valence-electron chi connectivity index (χ1n) is 12.0. The molecule has 3 aliphatic rings. The van der Waals surface area contributed by atoms with Gasteiger partial charge in [0.15, 0.2) is 6.10 Å². The van der Waals surface area contributed by atoms with Crippen LogP contribution in [0.1, 0.15) is 45.4 Å². The van der Waals surface area contributed by atoms with Crippen LogP contribution in [0.3, 0.4) is 0 Å². The molecule has 3 atom stereocenters. The molecule has 3 N–H and O–H groups in total. The fraction of sp³-hybridized carbons (Fsp3) is 0.444. The second kappa shape index (κ2) is 12.4. The molecule has 1 saturated carbocycles. The number of ether oxygens (including phenoxy) is 1. The fourth-order valence-electron chi connectivity index (χ4n) is 4.10. The minimum absolute atomic E-state index is 0.0216. The maximum Gasteiger partial charge on any atom is 0.248 e. The van der Waals surface area contributed by atoms with Crippen LogP contribution in [0.15, 0.2) is 72.5 Å². The summed E-state index contributed by atoms with van der Waals surface area (Å²) in [5.74, 6) is -0.391. The van der Waals surface area contributed by atoms with Crippen molar-refractivity contribution >= 4 is 17.6 Å². The number of carbonyl (C=O) groups excluding carboxylic acids is 3. The van der Waals surface area contributed by atoms with Crippen molar-refractivity contribution in [2.24, 2.45) is 5.92 Å². The molecule has 0 bridgehead atoms. The first-order chi connectivity index (χ1) is 16.4. The molecule has 0 spiro atoms. The zero-order valence-corrected chi connectivity index (χ0v) is 19.6. The number of nitrogens with one attached hydrogen (secondary N) is 2. The smallest absolute Gasteiger partial charge is 0.248 e. The van der Waals surface area contributed by atoms with E-state index in [1.807, 2.05) is 13.0 Å². The summed E-state index contributed by atoms with van der Waals surface area (Å²) in [5, 5.41) is 16.2. The Balaban J connectivity index is 1.54. The van der Waals surface area contributed by atoms with Gasteiger partial charge in [-0.3, -0.25) is 14.4 Å². The van der Waals surface area contributed by atoms with Crippen LogP contribution in [0.2, 0.25) is 0 Å². The van der Waals surface area contributed by atoms with E-state index in [4.69, 9.17) is 4.74 Å². The number of fused-ring (bicyclic) bond motifs is 1. The third kappa shape index (κ3) is 7.50.